The third-order valence-electron chi connectivity index (χ3n) is 4.54. The Morgan fingerprint density at radius 3 is 1.77 bits per heavy atom. The van der Waals surface area contributed by atoms with Crippen LogP contribution in [0.1, 0.15) is 40.5 Å². The van der Waals surface area contributed by atoms with Crippen molar-refractivity contribution in [3.05, 3.63) is 30.3 Å². The van der Waals surface area contributed by atoms with Crippen LogP contribution in [0.5, 0.6) is 5.75 Å². The molecule has 0 fully saturated rings. The molecule has 1 N–H and O–H groups in total. The molecule has 0 bridgehead atoms. The lowest BCUT2D eigenvalue weighted by Gasteiger charge is -2.41. The molecule has 0 radical (unpaired) electrons. The Bertz CT molecular complexity index is 711. The van der Waals surface area contributed by atoms with Crippen molar-refractivity contribution in [1.82, 2.24) is 0 Å². The van der Waals surface area contributed by atoms with E-state index in [1.807, 2.05) is 0 Å². The number of benzene rings is 1. The maximum atomic E-state index is 12.7. The minimum Gasteiger partial charge on any atom is -0.382 e. The highest BCUT2D eigenvalue weighted by molar-refractivity contribution is 7.92. The molecule has 0 aromatic heterocycles. The van der Waals surface area contributed by atoms with Crippen molar-refractivity contribution in [2.24, 2.45) is 0 Å². The number of para-hydroxylation sites is 1. The molecule has 8 heteroatoms. The minimum atomic E-state index is -4.62. The summed E-state index contributed by atoms with van der Waals surface area (Å²) >= 11 is 0. The van der Waals surface area contributed by atoms with Gasteiger partial charge in [-0.15, -0.1) is 0 Å². The summed E-state index contributed by atoms with van der Waals surface area (Å²) in [5.41, 5.74) is 0. The van der Waals surface area contributed by atoms with Crippen molar-refractivity contribution in [2.45, 2.75) is 50.0 Å². The van der Waals surface area contributed by atoms with Crippen molar-refractivity contribution in [2.75, 3.05) is 0 Å². The van der Waals surface area contributed by atoms with E-state index in [2.05, 4.69) is 0 Å². The zero-order valence-corrected chi connectivity index (χ0v) is 14.7. The van der Waals surface area contributed by atoms with E-state index >= 15 is 0 Å². The fraction of sp³-hybridized carbons (Fsp3) is 0.571. The van der Waals surface area contributed by atoms with Gasteiger partial charge in [-0.1, -0.05) is 32.0 Å². The van der Waals surface area contributed by atoms with Crippen LogP contribution in [0.25, 0.3) is 0 Å². The van der Waals surface area contributed by atoms with Gasteiger partial charge in [0.1, 0.15) is 15.2 Å². The van der Waals surface area contributed by atoms with Gasteiger partial charge in [0.25, 0.3) is 10.1 Å². The van der Waals surface area contributed by atoms with Crippen LogP contribution in [0.4, 0.5) is 0 Å². The van der Waals surface area contributed by atoms with Gasteiger partial charge in [-0.05, 0) is 38.8 Å². The molecule has 1 aromatic carbocycles. The van der Waals surface area contributed by atoms with Gasteiger partial charge in [-0.2, -0.15) is 16.8 Å². The fourth-order valence-corrected chi connectivity index (χ4v) is 5.59. The maximum absolute atomic E-state index is 12.7. The predicted octanol–water partition coefficient (Wildman–Crippen LogP) is 2.62. The summed E-state index contributed by atoms with van der Waals surface area (Å²) in [6, 6.07) is 7.84. The van der Waals surface area contributed by atoms with E-state index in [9.17, 15) is 21.4 Å². The number of rotatable bonds is 7. The highest BCUT2D eigenvalue weighted by Gasteiger charge is 2.60. The van der Waals surface area contributed by atoms with Gasteiger partial charge in [0, 0.05) is 0 Å². The summed E-state index contributed by atoms with van der Waals surface area (Å²) in [6.45, 7) is 5.56. The maximum Gasteiger partial charge on any atom is 0.316 e. The average Bonchev–Trinajstić information content (AvgIpc) is 2.44. The van der Waals surface area contributed by atoms with Gasteiger partial charge < -0.3 is 4.18 Å². The predicted molar refractivity (Wildman–Crippen MR) is 84.9 cm³/mol. The Morgan fingerprint density at radius 2 is 1.41 bits per heavy atom. The van der Waals surface area contributed by atoms with Gasteiger partial charge in [-0.3, -0.25) is 4.55 Å². The quantitative estimate of drug-likeness (QED) is 0.599. The summed E-state index contributed by atoms with van der Waals surface area (Å²) in [7, 11) is -8.94. The van der Waals surface area contributed by atoms with Crippen molar-refractivity contribution in [3.63, 3.8) is 0 Å². The van der Waals surface area contributed by atoms with E-state index in [-0.39, 0.29) is 18.6 Å². The Hall–Kier alpha value is -1.12. The Balaban J connectivity index is 3.45. The second-order valence-corrected chi connectivity index (χ2v) is 9.32. The minimum absolute atomic E-state index is 0.0354. The molecule has 0 saturated heterocycles. The summed E-state index contributed by atoms with van der Waals surface area (Å²) in [5, 5.41) is 0. The normalized spacial score (nSPS) is 18.2. The lowest BCUT2D eigenvalue weighted by molar-refractivity contribution is 0.332. The molecule has 0 aliphatic carbocycles. The summed E-state index contributed by atoms with van der Waals surface area (Å²) in [5.74, 6) is 0.0935. The molecule has 1 aromatic rings. The smallest absolute Gasteiger partial charge is 0.316 e. The van der Waals surface area contributed by atoms with Crippen LogP contribution in [-0.4, -0.2) is 30.9 Å². The van der Waals surface area contributed by atoms with Gasteiger partial charge >= 0.3 is 10.1 Å². The molecular weight excluding hydrogens is 328 g/mol. The van der Waals surface area contributed by atoms with E-state index in [0.717, 1.165) is 0 Å². The van der Waals surface area contributed by atoms with Crippen molar-refractivity contribution in [3.8, 4) is 5.75 Å². The molecule has 0 heterocycles. The molecule has 0 amide bonds. The average molecular weight is 350 g/mol. The molecule has 22 heavy (non-hydrogen) atoms. The fourth-order valence-electron chi connectivity index (χ4n) is 2.34. The highest BCUT2D eigenvalue weighted by Crippen LogP contribution is 2.42. The first-order valence-electron chi connectivity index (χ1n) is 6.91. The molecule has 1 rings (SSSR count). The topological polar surface area (TPSA) is 97.7 Å². The standard InChI is InChI=1S/C14H22O6S2/c1-5-13(3,21(15,16)17)14(4,6-2)22(18,19)20-12-10-8-7-9-11-12/h7-11H,5-6H2,1-4H3,(H,15,16,17). The van der Waals surface area contributed by atoms with Crippen molar-refractivity contribution < 1.29 is 25.6 Å². The summed E-state index contributed by atoms with van der Waals surface area (Å²) in [4.78, 5) is 0. The summed E-state index contributed by atoms with van der Waals surface area (Å²) < 4.78 is 60.1. The van der Waals surface area contributed by atoms with Crippen LogP contribution < -0.4 is 4.18 Å². The first-order chi connectivity index (χ1) is 9.95. The van der Waals surface area contributed by atoms with E-state index < -0.39 is 29.7 Å². The van der Waals surface area contributed by atoms with E-state index in [1.165, 1.54) is 32.9 Å². The second kappa shape index (κ2) is 6.17. The molecule has 126 valence electrons. The largest absolute Gasteiger partial charge is 0.382 e. The van der Waals surface area contributed by atoms with Crippen LogP contribution in [-0.2, 0) is 20.2 Å². The molecule has 0 spiro atoms. The van der Waals surface area contributed by atoms with Crippen LogP contribution in [0, 0.1) is 0 Å². The lowest BCUT2D eigenvalue weighted by atomic mass is 9.89. The molecule has 6 nitrogen and oxygen atoms in total. The molecule has 2 unspecified atom stereocenters. The Morgan fingerprint density at radius 1 is 0.955 bits per heavy atom. The number of hydrogen-bond donors (Lipinski definition) is 1. The Labute approximate surface area is 132 Å². The van der Waals surface area contributed by atoms with Gasteiger partial charge in [0.15, 0.2) is 0 Å². The van der Waals surface area contributed by atoms with Crippen LogP contribution in [0.3, 0.4) is 0 Å². The van der Waals surface area contributed by atoms with Crippen LogP contribution in [0.2, 0.25) is 0 Å². The zero-order valence-electron chi connectivity index (χ0n) is 13.1. The van der Waals surface area contributed by atoms with Gasteiger partial charge in [0.05, 0.1) is 0 Å². The lowest BCUT2D eigenvalue weighted by Crippen LogP contribution is -2.59. The zero-order chi connectivity index (χ0) is 17.2. The first kappa shape index (κ1) is 18.9. The Kier molecular flexibility index (Phi) is 5.31. The molecule has 0 aliphatic heterocycles. The number of hydrogen-bond acceptors (Lipinski definition) is 5. The van der Waals surface area contributed by atoms with E-state index in [4.69, 9.17) is 4.18 Å². The van der Waals surface area contributed by atoms with Crippen molar-refractivity contribution in [1.29, 1.82) is 0 Å². The molecule has 0 saturated carbocycles. The molecule has 0 aliphatic rings. The van der Waals surface area contributed by atoms with E-state index in [1.54, 1.807) is 25.1 Å². The third-order valence-corrected chi connectivity index (χ3v) is 8.80. The highest BCUT2D eigenvalue weighted by atomic mass is 32.2. The second-order valence-electron chi connectivity index (χ2n) is 5.49. The third kappa shape index (κ3) is 3.00. The van der Waals surface area contributed by atoms with Crippen molar-refractivity contribution >= 4 is 20.2 Å². The first-order valence-corrected chi connectivity index (χ1v) is 9.76. The molecule has 2 atom stereocenters. The van der Waals surface area contributed by atoms with Crippen LogP contribution in [0.15, 0.2) is 30.3 Å². The van der Waals surface area contributed by atoms with Gasteiger partial charge in [-0.25, -0.2) is 0 Å². The van der Waals surface area contributed by atoms with E-state index in [0.29, 0.717) is 0 Å². The van der Waals surface area contributed by atoms with Gasteiger partial charge in [0.2, 0.25) is 0 Å². The monoisotopic (exact) mass is 350 g/mol. The summed E-state index contributed by atoms with van der Waals surface area (Å²) in [6.07, 6.45) is -0.111. The van der Waals surface area contributed by atoms with Crippen LogP contribution >= 0.6 is 0 Å². The molecular formula is C14H22O6S2. The SMILES string of the molecule is CCC(C)(C(C)(CC)S(=O)(=O)Oc1ccccc1)S(=O)(=O)O.